The van der Waals surface area contributed by atoms with E-state index in [0.29, 0.717) is 25.7 Å². The summed E-state index contributed by atoms with van der Waals surface area (Å²) < 4.78 is 39.5. The Morgan fingerprint density at radius 1 is 1.24 bits per heavy atom. The van der Waals surface area contributed by atoms with Crippen LogP contribution in [0.25, 0.3) is 0 Å². The van der Waals surface area contributed by atoms with E-state index in [0.717, 1.165) is 12.1 Å². The number of nitrogens with one attached hydrogen (secondary N) is 1. The van der Waals surface area contributed by atoms with Crippen molar-refractivity contribution in [3.63, 3.8) is 0 Å². The fraction of sp³-hybridized carbons (Fsp3) is 0.500. The van der Waals surface area contributed by atoms with Crippen molar-refractivity contribution in [2.75, 3.05) is 13.1 Å². The van der Waals surface area contributed by atoms with Gasteiger partial charge in [-0.1, -0.05) is 0 Å². The molecule has 0 spiro atoms. The maximum Gasteiger partial charge on any atom is 0.329 e. The normalized spacial score (nSPS) is 23.0. The van der Waals surface area contributed by atoms with E-state index < -0.39 is 39.2 Å². The number of aliphatic carboxylic acids is 1. The molecule has 1 atom stereocenters. The molecule has 0 radical (unpaired) electrons. The predicted molar refractivity (Wildman–Crippen MR) is 85.6 cm³/mol. The highest BCUT2D eigenvalue weighted by Crippen LogP contribution is 2.36. The molecule has 7 nitrogen and oxygen atoms in total. The predicted octanol–water partition coefficient (Wildman–Crippen LogP) is 0.960. The second kappa shape index (κ2) is 6.38. The van der Waals surface area contributed by atoms with E-state index in [4.69, 9.17) is 5.11 Å². The van der Waals surface area contributed by atoms with E-state index in [1.54, 1.807) is 0 Å². The van der Waals surface area contributed by atoms with E-state index >= 15 is 0 Å². The Morgan fingerprint density at radius 2 is 1.88 bits per heavy atom. The summed E-state index contributed by atoms with van der Waals surface area (Å²) in [5, 5.41) is 11.7. The smallest absolute Gasteiger partial charge is 0.329 e. The van der Waals surface area contributed by atoms with Gasteiger partial charge >= 0.3 is 5.97 Å². The zero-order valence-corrected chi connectivity index (χ0v) is 14.3. The molecule has 1 amide bonds. The maximum absolute atomic E-state index is 13.0. The van der Waals surface area contributed by atoms with Gasteiger partial charge in [0.15, 0.2) is 0 Å². The molecule has 2 aliphatic rings. The van der Waals surface area contributed by atoms with Gasteiger partial charge in [0.1, 0.15) is 11.4 Å². The lowest BCUT2D eigenvalue weighted by molar-refractivity contribution is -0.144. The first-order chi connectivity index (χ1) is 11.7. The fourth-order valence-corrected chi connectivity index (χ4v) is 4.51. The van der Waals surface area contributed by atoms with Crippen LogP contribution in [0.2, 0.25) is 0 Å². The third kappa shape index (κ3) is 3.52. The first kappa shape index (κ1) is 17.8. The monoisotopic (exact) mass is 370 g/mol. The summed E-state index contributed by atoms with van der Waals surface area (Å²) in [5.41, 5.74) is -1.19. The molecule has 25 heavy (non-hydrogen) atoms. The Bertz CT molecular complexity index is 789. The average Bonchev–Trinajstić information content (AvgIpc) is 3.36. The lowest BCUT2D eigenvalue weighted by atomic mass is 9.98. The molecule has 2 N–H and O–H groups in total. The van der Waals surface area contributed by atoms with Gasteiger partial charge in [-0.15, -0.1) is 0 Å². The molecule has 2 fully saturated rings. The number of benzene rings is 1. The summed E-state index contributed by atoms with van der Waals surface area (Å²) in [4.78, 5) is 23.5. The standard InChI is InChI=1S/C16H19FN2O5S/c17-12-3-5-13(6-4-12)25(23,24)19-9-1-2-11(10-19)14(20)18-16(7-8-16)15(21)22/h3-6,11H,1-2,7-10H2,(H,18,20)(H,21,22). The van der Waals surface area contributed by atoms with E-state index in [2.05, 4.69) is 5.32 Å². The van der Waals surface area contributed by atoms with Crippen molar-refractivity contribution in [3.05, 3.63) is 30.1 Å². The Kier molecular flexibility index (Phi) is 4.54. The van der Waals surface area contributed by atoms with Gasteiger partial charge in [0.25, 0.3) is 0 Å². The number of carboxylic acids is 1. The second-order valence-corrected chi connectivity index (χ2v) is 8.47. The van der Waals surface area contributed by atoms with E-state index in [1.807, 2.05) is 0 Å². The van der Waals surface area contributed by atoms with Crippen molar-refractivity contribution in [1.82, 2.24) is 9.62 Å². The molecule has 9 heteroatoms. The van der Waals surface area contributed by atoms with Crippen LogP contribution in [-0.2, 0) is 19.6 Å². The van der Waals surface area contributed by atoms with Gasteiger partial charge < -0.3 is 10.4 Å². The number of carbonyl (C=O) groups excluding carboxylic acids is 1. The Balaban J connectivity index is 1.71. The minimum Gasteiger partial charge on any atom is -0.480 e. The molecule has 1 aromatic rings. The van der Waals surface area contributed by atoms with E-state index in [-0.39, 0.29) is 18.0 Å². The number of sulfonamides is 1. The molecule has 0 aromatic heterocycles. The SMILES string of the molecule is O=C(NC1(C(=O)O)CC1)C1CCCN(S(=O)(=O)c2ccc(F)cc2)C1. The fourth-order valence-electron chi connectivity index (χ4n) is 2.99. The highest BCUT2D eigenvalue weighted by molar-refractivity contribution is 7.89. The van der Waals surface area contributed by atoms with Gasteiger partial charge in [-0.05, 0) is 49.9 Å². The highest BCUT2D eigenvalue weighted by Gasteiger charge is 2.52. The maximum atomic E-state index is 13.0. The molecule has 0 bridgehead atoms. The van der Waals surface area contributed by atoms with Crippen molar-refractivity contribution in [2.24, 2.45) is 5.92 Å². The number of piperidine rings is 1. The Hall–Kier alpha value is -2.00. The number of amides is 1. The molecule has 1 unspecified atom stereocenters. The van der Waals surface area contributed by atoms with Crippen LogP contribution >= 0.6 is 0 Å². The molecule has 1 aliphatic heterocycles. The third-order valence-corrected chi connectivity index (χ3v) is 6.61. The molecule has 1 saturated carbocycles. The number of hydrogen-bond acceptors (Lipinski definition) is 4. The van der Waals surface area contributed by atoms with Gasteiger partial charge in [0, 0.05) is 13.1 Å². The van der Waals surface area contributed by atoms with Crippen LogP contribution in [0.1, 0.15) is 25.7 Å². The van der Waals surface area contributed by atoms with Crippen LogP contribution in [0.3, 0.4) is 0 Å². The Morgan fingerprint density at radius 3 is 2.44 bits per heavy atom. The highest BCUT2D eigenvalue weighted by atomic mass is 32.2. The Labute approximate surface area is 144 Å². The number of nitrogens with zero attached hydrogens (tertiary/aromatic N) is 1. The molecule has 136 valence electrons. The minimum absolute atomic E-state index is 0.0127. The van der Waals surface area contributed by atoms with E-state index in [1.165, 1.54) is 16.4 Å². The quantitative estimate of drug-likeness (QED) is 0.803. The van der Waals surface area contributed by atoms with Crippen LogP contribution in [-0.4, -0.2) is 48.3 Å². The van der Waals surface area contributed by atoms with Crippen LogP contribution in [0.4, 0.5) is 4.39 Å². The topological polar surface area (TPSA) is 104 Å². The van der Waals surface area contributed by atoms with Gasteiger partial charge in [-0.25, -0.2) is 17.6 Å². The summed E-state index contributed by atoms with van der Waals surface area (Å²) in [6.45, 7) is 0.259. The average molecular weight is 370 g/mol. The van der Waals surface area contributed by atoms with Crippen LogP contribution in [0, 0.1) is 11.7 Å². The van der Waals surface area contributed by atoms with Crippen molar-refractivity contribution in [3.8, 4) is 0 Å². The van der Waals surface area contributed by atoms with Crippen molar-refractivity contribution < 1.29 is 27.5 Å². The number of halogens is 1. The molecule has 3 rings (SSSR count). The van der Waals surface area contributed by atoms with Gasteiger partial charge in [-0.3, -0.25) is 4.79 Å². The third-order valence-electron chi connectivity index (χ3n) is 4.73. The second-order valence-electron chi connectivity index (χ2n) is 6.53. The van der Waals surface area contributed by atoms with Gasteiger partial charge in [-0.2, -0.15) is 4.31 Å². The number of rotatable bonds is 5. The number of carbonyl (C=O) groups is 2. The first-order valence-electron chi connectivity index (χ1n) is 8.06. The molecular formula is C16H19FN2O5S. The largest absolute Gasteiger partial charge is 0.480 e. The van der Waals surface area contributed by atoms with Crippen molar-refractivity contribution >= 4 is 21.9 Å². The van der Waals surface area contributed by atoms with Crippen molar-refractivity contribution in [2.45, 2.75) is 36.1 Å². The zero-order chi connectivity index (χ0) is 18.2. The molecule has 1 heterocycles. The van der Waals surface area contributed by atoms with Crippen LogP contribution in [0.15, 0.2) is 29.2 Å². The molecule has 1 aromatic carbocycles. The molecule has 1 saturated heterocycles. The molecule has 1 aliphatic carbocycles. The molecular weight excluding hydrogens is 351 g/mol. The zero-order valence-electron chi connectivity index (χ0n) is 13.4. The minimum atomic E-state index is -3.82. The summed E-state index contributed by atoms with van der Waals surface area (Å²) in [5.74, 6) is -2.62. The summed E-state index contributed by atoms with van der Waals surface area (Å²) >= 11 is 0. The number of carboxylic acid groups (broad SMARTS) is 1. The lowest BCUT2D eigenvalue weighted by Crippen LogP contribution is -2.50. The van der Waals surface area contributed by atoms with Crippen LogP contribution in [0.5, 0.6) is 0 Å². The van der Waals surface area contributed by atoms with Gasteiger partial charge in [0.05, 0.1) is 10.8 Å². The van der Waals surface area contributed by atoms with Crippen molar-refractivity contribution in [1.29, 1.82) is 0 Å². The number of hydrogen-bond donors (Lipinski definition) is 2. The lowest BCUT2D eigenvalue weighted by Gasteiger charge is -2.31. The summed E-state index contributed by atoms with van der Waals surface area (Å²) in [6.07, 6.45) is 1.77. The van der Waals surface area contributed by atoms with E-state index in [9.17, 15) is 22.4 Å². The summed E-state index contributed by atoms with van der Waals surface area (Å²) in [6, 6.07) is 4.53. The van der Waals surface area contributed by atoms with Crippen LogP contribution < -0.4 is 5.32 Å². The first-order valence-corrected chi connectivity index (χ1v) is 9.50. The van der Waals surface area contributed by atoms with Gasteiger partial charge in [0.2, 0.25) is 15.9 Å². The summed E-state index contributed by atoms with van der Waals surface area (Å²) in [7, 11) is -3.82.